The Hall–Kier alpha value is -1.53. The smallest absolute Gasteiger partial charge is 0.165 e. The van der Waals surface area contributed by atoms with Crippen LogP contribution in [0.4, 0.5) is 8.78 Å². The Labute approximate surface area is 128 Å². The van der Waals surface area contributed by atoms with Gasteiger partial charge in [0, 0.05) is 15.6 Å². The van der Waals surface area contributed by atoms with Gasteiger partial charge < -0.3 is 10.5 Å². The van der Waals surface area contributed by atoms with Gasteiger partial charge in [0.05, 0.1) is 0 Å². The molecule has 0 aromatic heterocycles. The zero-order chi connectivity index (χ0) is 14.7. The molecule has 0 unspecified atom stereocenters. The van der Waals surface area contributed by atoms with Gasteiger partial charge in [0.1, 0.15) is 17.4 Å². The first-order valence-electron chi connectivity index (χ1n) is 5.63. The highest BCUT2D eigenvalue weighted by molar-refractivity contribution is 9.10. The Bertz CT molecular complexity index is 664. The van der Waals surface area contributed by atoms with E-state index >= 15 is 0 Å². The molecule has 0 fully saturated rings. The molecule has 6 heteroatoms. The number of rotatable bonds is 4. The van der Waals surface area contributed by atoms with Gasteiger partial charge in [-0.3, -0.25) is 0 Å². The monoisotopic (exact) mass is 357 g/mol. The second kappa shape index (κ2) is 6.28. The van der Waals surface area contributed by atoms with E-state index in [-0.39, 0.29) is 17.3 Å². The van der Waals surface area contributed by atoms with Gasteiger partial charge in [-0.15, -0.1) is 0 Å². The average molecular weight is 358 g/mol. The number of nitrogens with two attached hydrogens (primary N) is 1. The van der Waals surface area contributed by atoms with E-state index in [4.69, 9.17) is 22.7 Å². The zero-order valence-corrected chi connectivity index (χ0v) is 12.6. The van der Waals surface area contributed by atoms with E-state index in [1.54, 1.807) is 6.07 Å². The summed E-state index contributed by atoms with van der Waals surface area (Å²) < 4.78 is 32.8. The van der Waals surface area contributed by atoms with Crippen LogP contribution in [-0.2, 0) is 6.61 Å². The van der Waals surface area contributed by atoms with Gasteiger partial charge in [0.2, 0.25) is 0 Å². The van der Waals surface area contributed by atoms with Crippen LogP contribution in [0, 0.1) is 11.6 Å². The lowest BCUT2D eigenvalue weighted by atomic mass is 10.1. The SMILES string of the molecule is NC(=S)c1ccc(F)cc1COc1cc(Br)ccc1F. The molecule has 0 heterocycles. The molecule has 2 aromatic carbocycles. The predicted molar refractivity (Wildman–Crippen MR) is 80.7 cm³/mol. The number of halogens is 3. The Kier molecular flexibility index (Phi) is 4.67. The van der Waals surface area contributed by atoms with Gasteiger partial charge in [-0.1, -0.05) is 28.1 Å². The molecule has 0 aliphatic carbocycles. The molecule has 0 atom stereocenters. The molecular weight excluding hydrogens is 348 g/mol. The third-order valence-corrected chi connectivity index (χ3v) is 3.32. The third-order valence-electron chi connectivity index (χ3n) is 2.61. The summed E-state index contributed by atoms with van der Waals surface area (Å²) in [7, 11) is 0. The summed E-state index contributed by atoms with van der Waals surface area (Å²) in [5.74, 6) is -0.864. The van der Waals surface area contributed by atoms with Crippen LogP contribution >= 0.6 is 28.1 Å². The fourth-order valence-corrected chi connectivity index (χ4v) is 2.20. The van der Waals surface area contributed by atoms with Gasteiger partial charge in [-0.25, -0.2) is 8.78 Å². The molecule has 2 aromatic rings. The minimum absolute atomic E-state index is 0.0300. The number of benzene rings is 2. The van der Waals surface area contributed by atoms with Crippen LogP contribution in [0.3, 0.4) is 0 Å². The topological polar surface area (TPSA) is 35.2 Å². The first kappa shape index (κ1) is 14.9. The first-order valence-corrected chi connectivity index (χ1v) is 6.83. The zero-order valence-electron chi connectivity index (χ0n) is 10.2. The number of hydrogen-bond donors (Lipinski definition) is 1. The maximum absolute atomic E-state index is 13.5. The minimum atomic E-state index is -0.499. The first-order chi connectivity index (χ1) is 9.47. The van der Waals surface area contributed by atoms with E-state index in [1.807, 2.05) is 0 Å². The molecule has 0 aliphatic rings. The molecule has 2 rings (SSSR count). The molecule has 0 aliphatic heterocycles. The largest absolute Gasteiger partial charge is 0.486 e. The molecule has 0 amide bonds. The van der Waals surface area contributed by atoms with Gasteiger partial charge in [0.15, 0.2) is 11.6 Å². The minimum Gasteiger partial charge on any atom is -0.486 e. The van der Waals surface area contributed by atoms with Gasteiger partial charge in [0.25, 0.3) is 0 Å². The van der Waals surface area contributed by atoms with Crippen molar-refractivity contribution in [2.45, 2.75) is 6.61 Å². The number of thiocarbonyl (C=S) groups is 1. The van der Waals surface area contributed by atoms with Gasteiger partial charge >= 0.3 is 0 Å². The highest BCUT2D eigenvalue weighted by atomic mass is 79.9. The molecule has 0 saturated carbocycles. The fraction of sp³-hybridized carbons (Fsp3) is 0.0714. The summed E-state index contributed by atoms with van der Waals surface area (Å²) >= 11 is 8.11. The van der Waals surface area contributed by atoms with E-state index < -0.39 is 11.6 Å². The summed E-state index contributed by atoms with van der Waals surface area (Å²) in [5, 5.41) is 0. The van der Waals surface area contributed by atoms with Crippen LogP contribution in [0.5, 0.6) is 5.75 Å². The van der Waals surface area contributed by atoms with E-state index in [0.29, 0.717) is 15.6 Å². The Morgan fingerprint density at radius 3 is 2.65 bits per heavy atom. The lowest BCUT2D eigenvalue weighted by molar-refractivity contribution is 0.289. The third kappa shape index (κ3) is 3.52. The van der Waals surface area contributed by atoms with Crippen molar-refractivity contribution in [2.75, 3.05) is 0 Å². The molecule has 104 valence electrons. The summed E-state index contributed by atoms with van der Waals surface area (Å²) in [6, 6.07) is 8.34. The Balaban J connectivity index is 2.24. The van der Waals surface area contributed by atoms with E-state index in [1.165, 1.54) is 30.3 Å². The summed E-state index contributed by atoms with van der Waals surface area (Å²) in [5.41, 5.74) is 6.54. The molecule has 0 bridgehead atoms. The molecule has 0 spiro atoms. The van der Waals surface area contributed by atoms with Crippen LogP contribution in [0.2, 0.25) is 0 Å². The van der Waals surface area contributed by atoms with Crippen molar-refractivity contribution < 1.29 is 13.5 Å². The van der Waals surface area contributed by atoms with E-state index in [9.17, 15) is 8.78 Å². The molecule has 2 nitrogen and oxygen atoms in total. The van der Waals surface area contributed by atoms with E-state index in [0.717, 1.165) is 0 Å². The summed E-state index contributed by atoms with van der Waals surface area (Å²) in [4.78, 5) is 0.137. The quantitative estimate of drug-likeness (QED) is 0.841. The molecule has 2 N–H and O–H groups in total. The summed E-state index contributed by atoms with van der Waals surface area (Å²) in [6.07, 6.45) is 0. The van der Waals surface area contributed by atoms with Crippen molar-refractivity contribution in [1.82, 2.24) is 0 Å². The normalized spacial score (nSPS) is 10.3. The van der Waals surface area contributed by atoms with Crippen molar-refractivity contribution in [3.63, 3.8) is 0 Å². The highest BCUT2D eigenvalue weighted by Crippen LogP contribution is 2.24. The molecule has 20 heavy (non-hydrogen) atoms. The molecule has 0 radical (unpaired) electrons. The summed E-state index contributed by atoms with van der Waals surface area (Å²) in [6.45, 7) is -0.0300. The maximum atomic E-state index is 13.5. The molecular formula is C14H10BrF2NOS. The Morgan fingerprint density at radius 1 is 1.20 bits per heavy atom. The van der Waals surface area contributed by atoms with Crippen molar-refractivity contribution in [2.24, 2.45) is 5.73 Å². The number of ether oxygens (including phenoxy) is 1. The van der Waals surface area contributed by atoms with Crippen LogP contribution in [0.15, 0.2) is 40.9 Å². The van der Waals surface area contributed by atoms with Crippen LogP contribution in [0.1, 0.15) is 11.1 Å². The van der Waals surface area contributed by atoms with Gasteiger partial charge in [-0.05, 0) is 36.4 Å². The van der Waals surface area contributed by atoms with Crippen molar-refractivity contribution in [1.29, 1.82) is 0 Å². The lowest BCUT2D eigenvalue weighted by Gasteiger charge is -2.11. The standard InChI is InChI=1S/C14H10BrF2NOS/c15-9-1-4-12(17)13(6-9)19-7-8-5-10(16)2-3-11(8)14(18)20/h1-6H,7H2,(H2,18,20). The predicted octanol–water partition coefficient (Wildman–Crippen LogP) is 3.94. The average Bonchev–Trinajstić information content (AvgIpc) is 2.39. The van der Waals surface area contributed by atoms with Gasteiger partial charge in [-0.2, -0.15) is 0 Å². The second-order valence-corrected chi connectivity index (χ2v) is 5.38. The van der Waals surface area contributed by atoms with Crippen molar-refractivity contribution in [3.8, 4) is 5.75 Å². The maximum Gasteiger partial charge on any atom is 0.165 e. The Morgan fingerprint density at radius 2 is 1.95 bits per heavy atom. The second-order valence-electron chi connectivity index (χ2n) is 4.03. The lowest BCUT2D eigenvalue weighted by Crippen LogP contribution is -2.14. The fourth-order valence-electron chi connectivity index (χ4n) is 1.67. The highest BCUT2D eigenvalue weighted by Gasteiger charge is 2.10. The number of hydrogen-bond acceptors (Lipinski definition) is 2. The van der Waals surface area contributed by atoms with Crippen LogP contribution in [-0.4, -0.2) is 4.99 Å². The van der Waals surface area contributed by atoms with Crippen LogP contribution in [0.25, 0.3) is 0 Å². The van der Waals surface area contributed by atoms with Crippen molar-refractivity contribution in [3.05, 3.63) is 63.6 Å². The van der Waals surface area contributed by atoms with E-state index in [2.05, 4.69) is 15.9 Å². The van der Waals surface area contributed by atoms with Crippen molar-refractivity contribution >= 4 is 33.1 Å². The van der Waals surface area contributed by atoms with Crippen LogP contribution < -0.4 is 10.5 Å². The molecule has 0 saturated heterocycles.